The van der Waals surface area contributed by atoms with Crippen molar-refractivity contribution in [3.63, 3.8) is 0 Å². The maximum atomic E-state index is 12.1. The summed E-state index contributed by atoms with van der Waals surface area (Å²) in [5, 5.41) is -0.995. The molecule has 13 heavy (non-hydrogen) atoms. The quantitative estimate of drug-likeness (QED) is 0.681. The second-order valence-electron chi connectivity index (χ2n) is 2.30. The first kappa shape index (κ1) is 9.57. The summed E-state index contributed by atoms with van der Waals surface area (Å²) in [6, 6.07) is 3.94. The van der Waals surface area contributed by atoms with Gasteiger partial charge in [0.2, 0.25) is 0 Å². The molecular formula is C8H9F2NO2. The molecule has 0 atom stereocenters. The van der Waals surface area contributed by atoms with E-state index >= 15 is 0 Å². The molecule has 0 radical (unpaired) electrons. The highest BCUT2D eigenvalue weighted by atomic mass is 19.4. The normalized spacial score (nSPS) is 9.54. The molecule has 0 aromatic heterocycles. The van der Waals surface area contributed by atoms with Crippen LogP contribution in [0, 0.1) is 0 Å². The highest BCUT2D eigenvalue weighted by Gasteiger charge is 2.07. The lowest BCUT2D eigenvalue weighted by Gasteiger charge is -2.07. The fourth-order valence-corrected chi connectivity index (χ4v) is 0.890. The van der Waals surface area contributed by atoms with Gasteiger partial charge in [-0.2, -0.15) is 0 Å². The van der Waals surface area contributed by atoms with Crippen LogP contribution in [-0.4, -0.2) is 14.2 Å². The molecule has 0 unspecified atom stereocenters. The predicted octanol–water partition coefficient (Wildman–Crippen LogP) is 2.28. The van der Waals surface area contributed by atoms with Gasteiger partial charge in [0, 0.05) is 18.2 Å². The van der Waals surface area contributed by atoms with Gasteiger partial charge in [-0.05, 0) is 5.34 Å². The zero-order valence-electron chi connectivity index (χ0n) is 7.25. The fraction of sp³-hybridized carbons (Fsp3) is 0.250. The van der Waals surface area contributed by atoms with E-state index in [9.17, 15) is 8.96 Å². The Morgan fingerprint density at radius 2 is 1.46 bits per heavy atom. The smallest absolute Gasteiger partial charge is 0.124 e. The first-order valence-electron chi connectivity index (χ1n) is 3.52. The zero-order valence-corrected chi connectivity index (χ0v) is 7.25. The number of nitrogens with zero attached hydrogens (tertiary/aromatic N) is 1. The highest BCUT2D eigenvalue weighted by molar-refractivity contribution is 5.52. The van der Waals surface area contributed by atoms with Crippen LogP contribution in [0.2, 0.25) is 0 Å². The Hall–Kier alpha value is -1.52. The average molecular weight is 189 g/mol. The summed E-state index contributed by atoms with van der Waals surface area (Å²) in [6.07, 6.45) is 0. The molecule has 0 bridgehead atoms. The first-order chi connectivity index (χ1) is 6.17. The molecule has 0 amide bonds. The Morgan fingerprint density at radius 1 is 1.00 bits per heavy atom. The Morgan fingerprint density at radius 3 is 1.77 bits per heavy atom. The van der Waals surface area contributed by atoms with Gasteiger partial charge in [-0.25, -0.2) is 0 Å². The van der Waals surface area contributed by atoms with Crippen molar-refractivity contribution in [3.05, 3.63) is 18.2 Å². The van der Waals surface area contributed by atoms with Gasteiger partial charge in [0.1, 0.15) is 17.2 Å². The lowest BCUT2D eigenvalue weighted by Crippen LogP contribution is -1.97. The van der Waals surface area contributed by atoms with Gasteiger partial charge >= 0.3 is 0 Å². The van der Waals surface area contributed by atoms with Gasteiger partial charge in [0.25, 0.3) is 0 Å². The molecule has 0 aliphatic heterocycles. The molecule has 0 saturated heterocycles. The molecule has 0 N–H and O–H groups in total. The number of ether oxygens (including phenoxy) is 2. The van der Waals surface area contributed by atoms with Crippen molar-refractivity contribution in [1.82, 2.24) is 0 Å². The van der Waals surface area contributed by atoms with Gasteiger partial charge in [-0.15, -0.1) is 0 Å². The Balaban J connectivity index is 3.07. The molecule has 0 spiro atoms. The van der Waals surface area contributed by atoms with Crippen LogP contribution in [0.1, 0.15) is 0 Å². The van der Waals surface area contributed by atoms with Crippen molar-refractivity contribution in [3.8, 4) is 11.5 Å². The monoisotopic (exact) mass is 189 g/mol. The summed E-state index contributed by atoms with van der Waals surface area (Å²) in [4.78, 5) is 0. The van der Waals surface area contributed by atoms with E-state index in [4.69, 9.17) is 9.47 Å². The molecule has 0 fully saturated rings. The number of halogens is 2. The van der Waals surface area contributed by atoms with E-state index in [0.717, 1.165) is 0 Å². The lowest BCUT2D eigenvalue weighted by molar-refractivity contribution is 0.234. The van der Waals surface area contributed by atoms with Crippen LogP contribution in [0.5, 0.6) is 11.5 Å². The Bertz CT molecular complexity index is 269. The van der Waals surface area contributed by atoms with Crippen molar-refractivity contribution >= 4 is 5.69 Å². The Kier molecular flexibility index (Phi) is 2.89. The average Bonchev–Trinajstić information content (AvgIpc) is 2.16. The van der Waals surface area contributed by atoms with E-state index in [1.165, 1.54) is 32.4 Å². The van der Waals surface area contributed by atoms with Crippen molar-refractivity contribution in [2.24, 2.45) is 0 Å². The summed E-state index contributed by atoms with van der Waals surface area (Å²) in [7, 11) is 2.80. The number of hydrogen-bond acceptors (Lipinski definition) is 3. The largest absolute Gasteiger partial charge is 0.497 e. The topological polar surface area (TPSA) is 21.7 Å². The number of methoxy groups -OCH3 is 2. The fourth-order valence-electron chi connectivity index (χ4n) is 0.890. The molecule has 0 heterocycles. The number of anilines is 1. The molecule has 1 rings (SSSR count). The van der Waals surface area contributed by atoms with Crippen LogP contribution in [0.25, 0.3) is 0 Å². The van der Waals surface area contributed by atoms with E-state index in [0.29, 0.717) is 11.5 Å². The summed E-state index contributed by atoms with van der Waals surface area (Å²) in [5.41, 5.74) is -0.267. The predicted molar refractivity (Wildman–Crippen MR) is 44.2 cm³/mol. The third-order valence-corrected chi connectivity index (χ3v) is 1.53. The number of rotatable bonds is 3. The SMILES string of the molecule is COc1cc(OC)cc(N(F)F)c1. The molecule has 0 aliphatic rings. The van der Waals surface area contributed by atoms with Gasteiger partial charge in [-0.1, -0.05) is 8.96 Å². The third kappa shape index (κ3) is 2.21. The first-order valence-corrected chi connectivity index (χ1v) is 3.52. The van der Waals surface area contributed by atoms with Crippen LogP contribution in [0.4, 0.5) is 14.6 Å². The second-order valence-corrected chi connectivity index (χ2v) is 2.30. The summed E-state index contributed by atoms with van der Waals surface area (Å²) in [6.45, 7) is 0. The molecule has 5 heteroatoms. The lowest BCUT2D eigenvalue weighted by atomic mass is 10.3. The summed E-state index contributed by atoms with van der Waals surface area (Å²) in [5.74, 6) is 0.657. The van der Waals surface area contributed by atoms with E-state index in [2.05, 4.69) is 0 Å². The molecule has 3 nitrogen and oxygen atoms in total. The zero-order chi connectivity index (χ0) is 9.84. The van der Waals surface area contributed by atoms with Crippen LogP contribution >= 0.6 is 0 Å². The molecular weight excluding hydrogens is 180 g/mol. The minimum absolute atomic E-state index is 0.267. The minimum atomic E-state index is -0.995. The molecule has 0 saturated carbocycles. The van der Waals surface area contributed by atoms with Crippen LogP contribution in [0.15, 0.2) is 18.2 Å². The maximum Gasteiger partial charge on any atom is 0.124 e. The van der Waals surface area contributed by atoms with Gasteiger partial charge in [0.15, 0.2) is 0 Å². The number of hydrogen-bond donors (Lipinski definition) is 0. The molecule has 1 aromatic rings. The van der Waals surface area contributed by atoms with Crippen molar-refractivity contribution < 1.29 is 18.4 Å². The minimum Gasteiger partial charge on any atom is -0.497 e. The van der Waals surface area contributed by atoms with E-state index in [1.807, 2.05) is 0 Å². The van der Waals surface area contributed by atoms with Crippen molar-refractivity contribution in [2.75, 3.05) is 19.6 Å². The van der Waals surface area contributed by atoms with Crippen LogP contribution in [0.3, 0.4) is 0 Å². The van der Waals surface area contributed by atoms with E-state index in [1.54, 1.807) is 0 Å². The second kappa shape index (κ2) is 3.93. The van der Waals surface area contributed by atoms with Gasteiger partial charge < -0.3 is 9.47 Å². The maximum absolute atomic E-state index is 12.1. The molecule has 72 valence electrons. The van der Waals surface area contributed by atoms with Crippen LogP contribution < -0.4 is 14.8 Å². The van der Waals surface area contributed by atoms with E-state index < -0.39 is 5.34 Å². The molecule has 0 aliphatic carbocycles. The van der Waals surface area contributed by atoms with Gasteiger partial charge in [0.05, 0.1) is 14.2 Å². The number of benzene rings is 1. The third-order valence-electron chi connectivity index (χ3n) is 1.53. The van der Waals surface area contributed by atoms with Gasteiger partial charge in [-0.3, -0.25) is 0 Å². The molecule has 1 aromatic carbocycles. The van der Waals surface area contributed by atoms with Crippen molar-refractivity contribution in [1.29, 1.82) is 0 Å². The standard InChI is InChI=1S/C8H9F2NO2/c1-12-7-3-6(11(9)10)4-8(5-7)13-2/h3-5H,1-2H3. The summed E-state index contributed by atoms with van der Waals surface area (Å²) < 4.78 is 33.9. The van der Waals surface area contributed by atoms with Crippen molar-refractivity contribution in [2.45, 2.75) is 0 Å². The Labute approximate surface area is 74.3 Å². The summed E-state index contributed by atoms with van der Waals surface area (Å²) >= 11 is 0. The van der Waals surface area contributed by atoms with Crippen LogP contribution in [-0.2, 0) is 0 Å². The highest BCUT2D eigenvalue weighted by Crippen LogP contribution is 2.28. The van der Waals surface area contributed by atoms with E-state index in [-0.39, 0.29) is 5.69 Å².